The van der Waals surface area contributed by atoms with Gasteiger partial charge in [-0.2, -0.15) is 0 Å². The lowest BCUT2D eigenvalue weighted by molar-refractivity contribution is 0.117. The third-order valence-electron chi connectivity index (χ3n) is 3.30. The molecule has 4 N–H and O–H groups in total. The van der Waals surface area contributed by atoms with Gasteiger partial charge in [0.2, 0.25) is 0 Å². The fourth-order valence-electron chi connectivity index (χ4n) is 1.86. The molecule has 1 aliphatic rings. The van der Waals surface area contributed by atoms with Gasteiger partial charge in [-0.3, -0.25) is 0 Å². The van der Waals surface area contributed by atoms with Gasteiger partial charge < -0.3 is 20.7 Å². The molecule has 4 heteroatoms. The van der Waals surface area contributed by atoms with Crippen molar-refractivity contribution in [3.8, 4) is 5.75 Å². The lowest BCUT2D eigenvalue weighted by Crippen LogP contribution is -2.51. The smallest absolute Gasteiger partial charge is 0.119 e. The number of nitrogens with two attached hydrogens (primary N) is 1. The third kappa shape index (κ3) is 2.97. The van der Waals surface area contributed by atoms with Gasteiger partial charge in [0.25, 0.3) is 0 Å². The van der Waals surface area contributed by atoms with Crippen molar-refractivity contribution in [1.82, 2.24) is 0 Å². The maximum absolute atomic E-state index is 9.32. The minimum absolute atomic E-state index is 0.0276. The van der Waals surface area contributed by atoms with E-state index in [1.54, 1.807) is 12.1 Å². The van der Waals surface area contributed by atoms with Crippen molar-refractivity contribution < 1.29 is 14.9 Å². The van der Waals surface area contributed by atoms with Gasteiger partial charge >= 0.3 is 0 Å². The Hall–Kier alpha value is -1.10. The number of benzene rings is 1. The van der Waals surface area contributed by atoms with Crippen molar-refractivity contribution >= 4 is 0 Å². The summed E-state index contributed by atoms with van der Waals surface area (Å²) in [4.78, 5) is 0. The quantitative estimate of drug-likeness (QED) is 0.679. The van der Waals surface area contributed by atoms with Gasteiger partial charge in [-0.15, -0.1) is 0 Å². The summed E-state index contributed by atoms with van der Waals surface area (Å²) in [6.07, 6.45) is 2.15. The Bertz CT molecular complexity index is 361. The highest BCUT2D eigenvalue weighted by Gasteiger charge is 2.42. The van der Waals surface area contributed by atoms with Gasteiger partial charge in [0.1, 0.15) is 12.4 Å². The maximum Gasteiger partial charge on any atom is 0.119 e. The molecule has 17 heavy (non-hydrogen) atoms. The second kappa shape index (κ2) is 5.04. The highest BCUT2D eigenvalue weighted by molar-refractivity contribution is 5.27. The second-order valence-electron chi connectivity index (χ2n) is 4.76. The van der Waals surface area contributed by atoms with E-state index in [0.717, 1.165) is 18.4 Å². The molecular weight excluding hydrogens is 218 g/mol. The monoisotopic (exact) mass is 237 g/mol. The van der Waals surface area contributed by atoms with Crippen LogP contribution in [0.2, 0.25) is 0 Å². The average Bonchev–Trinajstić information content (AvgIpc) is 3.21. The molecule has 1 aromatic carbocycles. The first-order valence-corrected chi connectivity index (χ1v) is 5.90. The van der Waals surface area contributed by atoms with E-state index in [-0.39, 0.29) is 13.2 Å². The van der Waals surface area contributed by atoms with Crippen LogP contribution in [0.1, 0.15) is 18.4 Å². The van der Waals surface area contributed by atoms with Gasteiger partial charge in [0.15, 0.2) is 0 Å². The van der Waals surface area contributed by atoms with Crippen LogP contribution in [0.25, 0.3) is 0 Å². The summed E-state index contributed by atoms with van der Waals surface area (Å²) >= 11 is 0. The number of rotatable bonds is 6. The van der Waals surface area contributed by atoms with Crippen LogP contribution in [0.5, 0.6) is 5.75 Å². The van der Waals surface area contributed by atoms with Crippen LogP contribution < -0.4 is 10.5 Å². The molecule has 0 radical (unpaired) electrons. The standard InChI is InChI=1S/C13H19NO3/c14-13(8-16,11-3-4-11)9-17-12-5-1-10(7-15)2-6-12/h1-2,5-6,11,15-16H,3-4,7-9,14H2. The Morgan fingerprint density at radius 2 is 1.88 bits per heavy atom. The van der Waals surface area contributed by atoms with Crippen molar-refractivity contribution in [2.45, 2.75) is 25.0 Å². The highest BCUT2D eigenvalue weighted by Crippen LogP contribution is 2.38. The first-order valence-electron chi connectivity index (χ1n) is 5.90. The molecular formula is C13H19NO3. The van der Waals surface area contributed by atoms with Crippen molar-refractivity contribution in [2.75, 3.05) is 13.2 Å². The van der Waals surface area contributed by atoms with Crippen molar-refractivity contribution in [3.63, 3.8) is 0 Å². The maximum atomic E-state index is 9.32. The predicted octanol–water partition coefficient (Wildman–Crippen LogP) is 0.657. The van der Waals surface area contributed by atoms with Crippen LogP contribution in [-0.2, 0) is 6.61 Å². The molecule has 4 nitrogen and oxygen atoms in total. The molecule has 1 aliphatic carbocycles. The SMILES string of the molecule is NC(CO)(COc1ccc(CO)cc1)C1CC1. The van der Waals surface area contributed by atoms with Crippen molar-refractivity contribution in [1.29, 1.82) is 0 Å². The number of ether oxygens (including phenoxy) is 1. The van der Waals surface area contributed by atoms with Gasteiger partial charge in [-0.25, -0.2) is 0 Å². The van der Waals surface area contributed by atoms with Crippen molar-refractivity contribution in [2.24, 2.45) is 11.7 Å². The second-order valence-corrected chi connectivity index (χ2v) is 4.76. The van der Waals surface area contributed by atoms with Gasteiger partial charge in [0, 0.05) is 0 Å². The molecule has 0 saturated heterocycles. The number of aliphatic hydroxyl groups is 2. The summed E-state index contributed by atoms with van der Waals surface area (Å²) in [6.45, 7) is 0.304. The topological polar surface area (TPSA) is 75.7 Å². The lowest BCUT2D eigenvalue weighted by atomic mass is 9.97. The van der Waals surface area contributed by atoms with E-state index >= 15 is 0 Å². The molecule has 0 heterocycles. The first-order chi connectivity index (χ1) is 8.18. The van der Waals surface area contributed by atoms with E-state index in [1.165, 1.54) is 0 Å². The summed E-state index contributed by atoms with van der Waals surface area (Å²) in [6, 6.07) is 7.22. The molecule has 1 fully saturated rings. The summed E-state index contributed by atoms with van der Waals surface area (Å²) in [5.41, 5.74) is 6.32. The zero-order valence-electron chi connectivity index (χ0n) is 9.80. The molecule has 0 amide bonds. The fourth-order valence-corrected chi connectivity index (χ4v) is 1.86. The zero-order chi connectivity index (χ0) is 12.3. The average molecular weight is 237 g/mol. The normalized spacial score (nSPS) is 18.8. The van der Waals surface area contributed by atoms with Crippen LogP contribution >= 0.6 is 0 Å². The Labute approximate surface area is 101 Å². The molecule has 1 aromatic rings. The van der Waals surface area contributed by atoms with Crippen LogP contribution in [0.15, 0.2) is 24.3 Å². The number of aliphatic hydroxyl groups excluding tert-OH is 2. The summed E-state index contributed by atoms with van der Waals surface area (Å²) in [5.74, 6) is 1.09. The van der Waals surface area contributed by atoms with E-state index in [1.807, 2.05) is 12.1 Å². The molecule has 0 aromatic heterocycles. The molecule has 1 atom stereocenters. The van der Waals surface area contributed by atoms with Crippen LogP contribution in [-0.4, -0.2) is 29.0 Å². The largest absolute Gasteiger partial charge is 0.492 e. The molecule has 94 valence electrons. The number of hydrogen-bond acceptors (Lipinski definition) is 4. The van der Waals surface area contributed by atoms with Gasteiger partial charge in [-0.05, 0) is 36.5 Å². The van der Waals surface area contributed by atoms with E-state index in [9.17, 15) is 5.11 Å². The summed E-state index contributed by atoms with van der Waals surface area (Å²) < 4.78 is 5.60. The van der Waals surface area contributed by atoms with E-state index in [0.29, 0.717) is 18.3 Å². The minimum atomic E-state index is -0.615. The van der Waals surface area contributed by atoms with E-state index < -0.39 is 5.54 Å². The van der Waals surface area contributed by atoms with Gasteiger partial charge in [-0.1, -0.05) is 12.1 Å². The van der Waals surface area contributed by atoms with E-state index in [2.05, 4.69) is 0 Å². The molecule has 1 unspecified atom stereocenters. The third-order valence-corrected chi connectivity index (χ3v) is 3.30. The Kier molecular flexibility index (Phi) is 3.66. The van der Waals surface area contributed by atoms with Crippen LogP contribution in [0, 0.1) is 5.92 Å². The minimum Gasteiger partial charge on any atom is -0.492 e. The van der Waals surface area contributed by atoms with Crippen molar-refractivity contribution in [3.05, 3.63) is 29.8 Å². The molecule has 0 aliphatic heterocycles. The summed E-state index contributed by atoms with van der Waals surface area (Å²) in [5, 5.41) is 18.2. The Morgan fingerprint density at radius 1 is 1.24 bits per heavy atom. The lowest BCUT2D eigenvalue weighted by Gasteiger charge is -2.27. The molecule has 2 rings (SSSR count). The molecule has 0 spiro atoms. The first kappa shape index (κ1) is 12.4. The predicted molar refractivity (Wildman–Crippen MR) is 64.6 cm³/mol. The molecule has 0 bridgehead atoms. The Balaban J connectivity index is 1.91. The van der Waals surface area contributed by atoms with Crippen LogP contribution in [0.3, 0.4) is 0 Å². The Morgan fingerprint density at radius 3 is 2.35 bits per heavy atom. The fraction of sp³-hybridized carbons (Fsp3) is 0.538. The zero-order valence-corrected chi connectivity index (χ0v) is 9.80. The van der Waals surface area contributed by atoms with Crippen LogP contribution in [0.4, 0.5) is 0 Å². The highest BCUT2D eigenvalue weighted by atomic mass is 16.5. The molecule has 1 saturated carbocycles. The number of hydrogen-bond donors (Lipinski definition) is 3. The van der Waals surface area contributed by atoms with Gasteiger partial charge in [0.05, 0.1) is 18.8 Å². The van der Waals surface area contributed by atoms with E-state index in [4.69, 9.17) is 15.6 Å². The summed E-state index contributed by atoms with van der Waals surface area (Å²) in [7, 11) is 0.